The first-order valence-electron chi connectivity index (χ1n) is 11.6. The second-order valence-electron chi connectivity index (χ2n) is 8.60. The number of piperidine rings is 1. The third kappa shape index (κ3) is 5.65. The van der Waals surface area contributed by atoms with Crippen LogP contribution in [0.15, 0.2) is 4.42 Å². The van der Waals surface area contributed by atoms with Gasteiger partial charge in [-0.3, -0.25) is 10.0 Å². The van der Waals surface area contributed by atoms with Crippen LogP contribution in [0.25, 0.3) is 0 Å². The van der Waals surface area contributed by atoms with E-state index < -0.39 is 20.7 Å². The largest absolute Gasteiger partial charge is 0.408 e. The molecule has 0 unspecified atom stereocenters. The highest BCUT2D eigenvalue weighted by Crippen LogP contribution is 2.34. The molecule has 1 aromatic rings. The van der Waals surface area contributed by atoms with Crippen LogP contribution >= 0.6 is 0 Å². The first-order valence-corrected chi connectivity index (χ1v) is 13.0. The summed E-state index contributed by atoms with van der Waals surface area (Å²) in [6.07, 6.45) is 4.14. The van der Waals surface area contributed by atoms with Crippen molar-refractivity contribution in [3.05, 3.63) is 5.89 Å². The molecule has 2 aliphatic heterocycles. The lowest BCUT2D eigenvalue weighted by Crippen LogP contribution is -2.63. The van der Waals surface area contributed by atoms with Crippen molar-refractivity contribution >= 4 is 21.9 Å². The van der Waals surface area contributed by atoms with Crippen molar-refractivity contribution < 1.29 is 27.6 Å². The number of hydrogen-bond acceptors (Lipinski definition) is 10. The molecule has 33 heavy (non-hydrogen) atoms. The number of methoxy groups -OCH3 is 1. The Bertz CT molecular complexity index is 862. The molecule has 0 aromatic carbocycles. The standard InChI is InChI=1S/C20H36N6O6S/c1-3-4-5-6-17-21-22-19(32-17)25-11-13-26(14-12-25)33(29,30)20(18(27)23-28)7-9-24(10-8-20)15-16-31-2/h28H,3-16H2,1-2H3,(H,23,27). The highest BCUT2D eigenvalue weighted by molar-refractivity contribution is 7.91. The minimum Gasteiger partial charge on any atom is -0.408 e. The van der Waals surface area contributed by atoms with Crippen molar-refractivity contribution in [2.24, 2.45) is 0 Å². The van der Waals surface area contributed by atoms with Gasteiger partial charge in [-0.25, -0.2) is 13.9 Å². The molecule has 2 saturated heterocycles. The van der Waals surface area contributed by atoms with E-state index in [1.54, 1.807) is 12.6 Å². The highest BCUT2D eigenvalue weighted by Gasteiger charge is 2.55. The number of nitrogens with zero attached hydrogens (tertiary/aromatic N) is 5. The number of anilines is 1. The normalized spacial score (nSPS) is 20.2. The Kier molecular flexibility index (Phi) is 9.04. The summed E-state index contributed by atoms with van der Waals surface area (Å²) in [6.45, 7) is 5.34. The number of sulfonamides is 1. The van der Waals surface area contributed by atoms with Crippen LogP contribution in [0.2, 0.25) is 0 Å². The van der Waals surface area contributed by atoms with Crippen LogP contribution in [-0.2, 0) is 26.0 Å². The van der Waals surface area contributed by atoms with Crippen molar-refractivity contribution in [1.82, 2.24) is 24.9 Å². The second kappa shape index (κ2) is 11.6. The maximum Gasteiger partial charge on any atom is 0.318 e. The van der Waals surface area contributed by atoms with Crippen molar-refractivity contribution in [2.45, 2.75) is 50.2 Å². The summed E-state index contributed by atoms with van der Waals surface area (Å²) in [6, 6.07) is 0.396. The zero-order valence-electron chi connectivity index (χ0n) is 19.5. The van der Waals surface area contributed by atoms with E-state index in [2.05, 4.69) is 22.0 Å². The fraction of sp³-hybridized carbons (Fsp3) is 0.850. The molecule has 13 heteroatoms. The topological polar surface area (TPSA) is 141 Å². The van der Waals surface area contributed by atoms with Crippen molar-refractivity contribution in [1.29, 1.82) is 0 Å². The Hall–Kier alpha value is -1.80. The first kappa shape index (κ1) is 25.8. The molecule has 0 radical (unpaired) electrons. The number of amides is 1. The Morgan fingerprint density at radius 1 is 1.15 bits per heavy atom. The summed E-state index contributed by atoms with van der Waals surface area (Å²) in [7, 11) is -2.40. The number of unbranched alkanes of at least 4 members (excludes halogenated alkanes) is 2. The number of carbonyl (C=O) groups is 1. The molecule has 1 aromatic heterocycles. The number of ether oxygens (including phenoxy) is 1. The molecule has 3 rings (SSSR count). The molecule has 2 aliphatic rings. The first-order chi connectivity index (χ1) is 15.9. The lowest BCUT2D eigenvalue weighted by atomic mass is 9.95. The van der Waals surface area contributed by atoms with Gasteiger partial charge in [-0.15, -0.1) is 5.10 Å². The van der Waals surface area contributed by atoms with Crippen LogP contribution < -0.4 is 10.4 Å². The van der Waals surface area contributed by atoms with Gasteiger partial charge in [-0.1, -0.05) is 24.9 Å². The Labute approximate surface area is 195 Å². The highest BCUT2D eigenvalue weighted by atomic mass is 32.2. The maximum absolute atomic E-state index is 13.6. The van der Waals surface area contributed by atoms with Gasteiger partial charge in [0.15, 0.2) is 4.75 Å². The van der Waals surface area contributed by atoms with Gasteiger partial charge in [-0.2, -0.15) is 4.31 Å². The van der Waals surface area contributed by atoms with Crippen LogP contribution in [0.4, 0.5) is 6.01 Å². The summed E-state index contributed by atoms with van der Waals surface area (Å²) in [4.78, 5) is 16.6. The summed E-state index contributed by atoms with van der Waals surface area (Å²) < 4.78 is 37.7. The summed E-state index contributed by atoms with van der Waals surface area (Å²) in [5.74, 6) is -0.280. The monoisotopic (exact) mass is 488 g/mol. The smallest absolute Gasteiger partial charge is 0.318 e. The average molecular weight is 489 g/mol. The molecular weight excluding hydrogens is 452 g/mol. The molecule has 0 atom stereocenters. The van der Waals surface area contributed by atoms with E-state index in [1.807, 2.05) is 4.90 Å². The number of hydroxylamine groups is 1. The SMILES string of the molecule is CCCCCc1nnc(N2CCN(S(=O)(=O)C3(C(=O)NO)CCN(CCOC)CC3)CC2)o1. The van der Waals surface area contributed by atoms with Crippen LogP contribution in [0.1, 0.15) is 44.9 Å². The van der Waals surface area contributed by atoms with Gasteiger partial charge in [0, 0.05) is 59.3 Å². The van der Waals surface area contributed by atoms with E-state index in [-0.39, 0.29) is 25.9 Å². The predicted octanol–water partition coefficient (Wildman–Crippen LogP) is 0.241. The lowest BCUT2D eigenvalue weighted by Gasteiger charge is -2.43. The molecule has 1 amide bonds. The van der Waals surface area contributed by atoms with E-state index in [9.17, 15) is 18.4 Å². The summed E-state index contributed by atoms with van der Waals surface area (Å²) >= 11 is 0. The number of aromatic nitrogens is 2. The molecule has 0 bridgehead atoms. The summed E-state index contributed by atoms with van der Waals surface area (Å²) in [5, 5.41) is 17.5. The van der Waals surface area contributed by atoms with Crippen LogP contribution in [0, 0.1) is 0 Å². The third-order valence-electron chi connectivity index (χ3n) is 6.58. The van der Waals surface area contributed by atoms with Gasteiger partial charge in [0.25, 0.3) is 5.91 Å². The molecular formula is C20H36N6O6S. The Morgan fingerprint density at radius 3 is 2.45 bits per heavy atom. The number of piperazine rings is 1. The molecule has 2 N–H and O–H groups in total. The number of aryl methyl sites for hydroxylation is 1. The third-order valence-corrected chi connectivity index (χ3v) is 9.21. The molecule has 2 fully saturated rings. The van der Waals surface area contributed by atoms with Crippen molar-refractivity contribution in [2.75, 3.05) is 64.4 Å². The molecule has 12 nitrogen and oxygen atoms in total. The number of rotatable bonds is 11. The number of nitrogens with one attached hydrogen (secondary N) is 1. The summed E-state index contributed by atoms with van der Waals surface area (Å²) in [5.41, 5.74) is 1.61. The van der Waals surface area contributed by atoms with Gasteiger partial charge in [0.2, 0.25) is 15.9 Å². The van der Waals surface area contributed by atoms with Gasteiger partial charge in [0.1, 0.15) is 0 Å². The molecule has 0 spiro atoms. The van der Waals surface area contributed by atoms with E-state index in [4.69, 9.17) is 9.15 Å². The second-order valence-corrected chi connectivity index (χ2v) is 10.8. The van der Waals surface area contributed by atoms with Crippen LogP contribution in [-0.4, -0.2) is 103 Å². The van der Waals surface area contributed by atoms with Gasteiger partial charge >= 0.3 is 6.01 Å². The fourth-order valence-electron chi connectivity index (χ4n) is 4.43. The zero-order valence-corrected chi connectivity index (χ0v) is 20.3. The van der Waals surface area contributed by atoms with E-state index >= 15 is 0 Å². The molecule has 0 saturated carbocycles. The van der Waals surface area contributed by atoms with Crippen LogP contribution in [0.3, 0.4) is 0 Å². The zero-order chi connectivity index (χ0) is 23.9. The number of likely N-dealkylation sites (tertiary alicyclic amines) is 1. The van der Waals surface area contributed by atoms with E-state index in [1.165, 1.54) is 4.31 Å². The molecule has 188 valence electrons. The fourth-order valence-corrected chi connectivity index (χ4v) is 6.55. The molecule has 3 heterocycles. The minimum absolute atomic E-state index is 0.108. The van der Waals surface area contributed by atoms with Gasteiger partial charge in [0.05, 0.1) is 6.61 Å². The van der Waals surface area contributed by atoms with Crippen molar-refractivity contribution in [3.63, 3.8) is 0 Å². The predicted molar refractivity (Wildman–Crippen MR) is 120 cm³/mol. The van der Waals surface area contributed by atoms with Crippen molar-refractivity contribution in [3.8, 4) is 0 Å². The quantitative estimate of drug-likeness (QED) is 0.253. The lowest BCUT2D eigenvalue weighted by molar-refractivity contribution is -0.133. The Balaban J connectivity index is 1.64. The average Bonchev–Trinajstić information content (AvgIpc) is 3.31. The maximum atomic E-state index is 13.6. The molecule has 0 aliphatic carbocycles. The van der Waals surface area contributed by atoms with E-state index in [0.717, 1.165) is 25.7 Å². The van der Waals surface area contributed by atoms with E-state index in [0.29, 0.717) is 51.2 Å². The number of carbonyl (C=O) groups excluding carboxylic acids is 1. The number of hydrogen-bond donors (Lipinski definition) is 2. The van der Waals surface area contributed by atoms with Crippen LogP contribution in [0.5, 0.6) is 0 Å². The van der Waals surface area contributed by atoms with Gasteiger partial charge < -0.3 is 19.0 Å². The van der Waals surface area contributed by atoms with Gasteiger partial charge in [-0.05, 0) is 19.3 Å². The Morgan fingerprint density at radius 2 is 1.85 bits per heavy atom. The minimum atomic E-state index is -4.01.